The molecule has 3 rings (SSSR count). The van der Waals surface area contributed by atoms with E-state index in [9.17, 15) is 9.59 Å². The predicted molar refractivity (Wildman–Crippen MR) is 79.5 cm³/mol. The van der Waals surface area contributed by atoms with E-state index in [-0.39, 0.29) is 17.9 Å². The number of carbonyl (C=O) groups is 2. The summed E-state index contributed by atoms with van der Waals surface area (Å²) in [5.74, 6) is -0.820. The van der Waals surface area contributed by atoms with Crippen LogP contribution in [0.25, 0.3) is 0 Å². The van der Waals surface area contributed by atoms with Crippen molar-refractivity contribution in [2.45, 2.75) is 6.04 Å². The van der Waals surface area contributed by atoms with Crippen LogP contribution in [0.4, 0.5) is 5.69 Å². The van der Waals surface area contributed by atoms with Crippen LogP contribution in [-0.4, -0.2) is 23.6 Å². The molecule has 2 atom stereocenters. The van der Waals surface area contributed by atoms with Crippen LogP contribution in [0.1, 0.15) is 10.4 Å². The van der Waals surface area contributed by atoms with Crippen molar-refractivity contribution in [3.8, 4) is 0 Å². The summed E-state index contributed by atoms with van der Waals surface area (Å²) >= 11 is 0. The number of carbonyl (C=O) groups excluding carboxylic acids is 2. The molecule has 2 amide bonds. The normalized spacial score (nSPS) is 24.8. The Labute approximate surface area is 121 Å². The molecule has 6 nitrogen and oxygen atoms in total. The molecule has 0 bridgehead atoms. The number of fused-ring (bicyclic) bond motifs is 1. The Morgan fingerprint density at radius 3 is 2.90 bits per heavy atom. The van der Waals surface area contributed by atoms with Crippen LogP contribution < -0.4 is 16.5 Å². The predicted octanol–water partition coefficient (Wildman–Crippen LogP) is 0.595. The van der Waals surface area contributed by atoms with E-state index < -0.39 is 5.91 Å². The Morgan fingerprint density at radius 1 is 1.29 bits per heavy atom. The van der Waals surface area contributed by atoms with E-state index >= 15 is 0 Å². The van der Waals surface area contributed by atoms with E-state index in [0.29, 0.717) is 17.0 Å². The van der Waals surface area contributed by atoms with Crippen LogP contribution >= 0.6 is 0 Å². The van der Waals surface area contributed by atoms with Crippen molar-refractivity contribution in [1.82, 2.24) is 10.7 Å². The van der Waals surface area contributed by atoms with Crippen molar-refractivity contribution in [2.24, 2.45) is 11.0 Å². The Balaban J connectivity index is 1.76. The number of hydrogen-bond donors (Lipinski definition) is 3. The summed E-state index contributed by atoms with van der Waals surface area (Å²) in [5.41, 5.74) is 9.23. The van der Waals surface area contributed by atoms with Gasteiger partial charge in [-0.3, -0.25) is 9.59 Å². The zero-order chi connectivity index (χ0) is 14.8. The van der Waals surface area contributed by atoms with Crippen LogP contribution in [0.3, 0.4) is 0 Å². The number of nitrogens with two attached hydrogens (primary N) is 1. The Bertz CT molecular complexity index is 691. The van der Waals surface area contributed by atoms with Crippen LogP contribution in [0.5, 0.6) is 0 Å². The van der Waals surface area contributed by atoms with Crippen LogP contribution in [-0.2, 0) is 4.79 Å². The third kappa shape index (κ3) is 2.55. The Morgan fingerprint density at radius 2 is 2.10 bits per heavy atom. The number of nitrogen functional groups attached to an aromatic ring is 1. The summed E-state index contributed by atoms with van der Waals surface area (Å²) in [6, 6.07) is 6.47. The molecule has 106 valence electrons. The van der Waals surface area contributed by atoms with E-state index in [1.165, 1.54) is 0 Å². The molecule has 0 saturated carbocycles. The molecule has 1 fully saturated rings. The molecular weight excluding hydrogens is 268 g/mol. The summed E-state index contributed by atoms with van der Waals surface area (Å²) in [7, 11) is 0. The molecule has 1 aromatic carbocycles. The molecule has 0 radical (unpaired) electrons. The van der Waals surface area contributed by atoms with Gasteiger partial charge in [-0.2, -0.15) is 5.10 Å². The average Bonchev–Trinajstić information content (AvgIpc) is 2.80. The number of nitrogens with one attached hydrogen (secondary N) is 2. The number of hydrazone groups is 1. The minimum absolute atomic E-state index is 0.0921. The first-order chi connectivity index (χ1) is 10.1. The van der Waals surface area contributed by atoms with E-state index in [1.54, 1.807) is 24.3 Å². The van der Waals surface area contributed by atoms with Gasteiger partial charge in [0.1, 0.15) is 5.71 Å². The summed E-state index contributed by atoms with van der Waals surface area (Å²) in [6.45, 7) is 0. The van der Waals surface area contributed by atoms with E-state index in [1.807, 2.05) is 24.3 Å². The van der Waals surface area contributed by atoms with Gasteiger partial charge in [0.25, 0.3) is 11.8 Å². The minimum atomic E-state index is -0.401. The van der Waals surface area contributed by atoms with Gasteiger partial charge in [-0.15, -0.1) is 0 Å². The van der Waals surface area contributed by atoms with Gasteiger partial charge in [-0.25, -0.2) is 5.43 Å². The maximum Gasteiger partial charge on any atom is 0.271 e. The van der Waals surface area contributed by atoms with E-state index in [0.717, 1.165) is 0 Å². The first kappa shape index (κ1) is 13.1. The third-order valence-electron chi connectivity index (χ3n) is 3.41. The molecular formula is C15H14N4O2. The lowest BCUT2D eigenvalue weighted by Gasteiger charge is -2.13. The lowest BCUT2D eigenvalue weighted by atomic mass is 9.95. The maximum absolute atomic E-state index is 12.0. The van der Waals surface area contributed by atoms with Crippen molar-refractivity contribution < 1.29 is 9.59 Å². The molecule has 0 unspecified atom stereocenters. The first-order valence-corrected chi connectivity index (χ1v) is 6.54. The van der Waals surface area contributed by atoms with Crippen molar-refractivity contribution in [2.75, 3.05) is 5.73 Å². The van der Waals surface area contributed by atoms with E-state index in [2.05, 4.69) is 15.8 Å². The molecule has 0 spiro atoms. The monoisotopic (exact) mass is 282 g/mol. The number of nitrogens with zero attached hydrogens (tertiary/aromatic N) is 1. The maximum atomic E-state index is 12.0. The summed E-state index contributed by atoms with van der Waals surface area (Å²) in [4.78, 5) is 23.8. The highest BCUT2D eigenvalue weighted by molar-refractivity contribution is 6.42. The summed E-state index contributed by atoms with van der Waals surface area (Å²) in [6.07, 6.45) is 7.51. The number of hydrogen-bond acceptors (Lipinski definition) is 4. The second-order valence-corrected chi connectivity index (χ2v) is 4.86. The van der Waals surface area contributed by atoms with Crippen molar-refractivity contribution in [3.05, 3.63) is 54.1 Å². The highest BCUT2D eigenvalue weighted by Gasteiger charge is 2.37. The van der Waals surface area contributed by atoms with Gasteiger partial charge in [-0.1, -0.05) is 30.4 Å². The van der Waals surface area contributed by atoms with Crippen LogP contribution in [0, 0.1) is 5.92 Å². The lowest BCUT2D eigenvalue weighted by molar-refractivity contribution is -0.114. The smallest absolute Gasteiger partial charge is 0.271 e. The molecule has 1 aliphatic carbocycles. The number of rotatable bonds is 2. The fraction of sp³-hybridized carbons (Fsp3) is 0.133. The van der Waals surface area contributed by atoms with Crippen molar-refractivity contribution >= 4 is 23.2 Å². The highest BCUT2D eigenvalue weighted by Crippen LogP contribution is 2.20. The van der Waals surface area contributed by atoms with Gasteiger partial charge in [0.05, 0.1) is 12.0 Å². The first-order valence-electron chi connectivity index (χ1n) is 6.54. The van der Waals surface area contributed by atoms with E-state index in [4.69, 9.17) is 5.73 Å². The van der Waals surface area contributed by atoms with Crippen molar-refractivity contribution in [3.63, 3.8) is 0 Å². The molecule has 1 aromatic rings. The van der Waals surface area contributed by atoms with Gasteiger partial charge < -0.3 is 11.1 Å². The van der Waals surface area contributed by atoms with Gasteiger partial charge in [0.15, 0.2) is 0 Å². The molecule has 1 aliphatic heterocycles. The Hall–Kier alpha value is -2.89. The van der Waals surface area contributed by atoms with Crippen LogP contribution in [0.2, 0.25) is 0 Å². The SMILES string of the molecule is Nc1cccc(C(=O)N/N=C2/C(=O)N[C@H]3C=CC=C[C@@H]23)c1. The minimum Gasteiger partial charge on any atom is -0.399 e. The number of amides is 2. The molecule has 6 heteroatoms. The number of benzene rings is 1. The number of allylic oxidation sites excluding steroid dienone is 2. The summed E-state index contributed by atoms with van der Waals surface area (Å²) in [5, 5.41) is 6.77. The Kier molecular flexibility index (Phi) is 3.27. The van der Waals surface area contributed by atoms with Gasteiger partial charge in [-0.05, 0) is 18.2 Å². The number of anilines is 1. The molecule has 1 heterocycles. The van der Waals surface area contributed by atoms with Gasteiger partial charge in [0, 0.05) is 11.3 Å². The van der Waals surface area contributed by atoms with Gasteiger partial charge >= 0.3 is 0 Å². The zero-order valence-corrected chi connectivity index (χ0v) is 11.1. The third-order valence-corrected chi connectivity index (χ3v) is 3.41. The highest BCUT2D eigenvalue weighted by atomic mass is 16.2. The summed E-state index contributed by atoms with van der Waals surface area (Å²) < 4.78 is 0. The molecule has 4 N–H and O–H groups in total. The largest absolute Gasteiger partial charge is 0.399 e. The van der Waals surface area contributed by atoms with Crippen LogP contribution in [0.15, 0.2) is 53.7 Å². The lowest BCUT2D eigenvalue weighted by Crippen LogP contribution is -2.26. The average molecular weight is 282 g/mol. The van der Waals surface area contributed by atoms with Gasteiger partial charge in [0.2, 0.25) is 0 Å². The zero-order valence-electron chi connectivity index (χ0n) is 11.1. The molecule has 0 aromatic heterocycles. The fourth-order valence-corrected chi connectivity index (χ4v) is 2.36. The molecule has 21 heavy (non-hydrogen) atoms. The fourth-order valence-electron chi connectivity index (χ4n) is 2.36. The molecule has 1 saturated heterocycles. The second kappa shape index (κ2) is 5.24. The standard InChI is InChI=1S/C15H14N4O2/c16-10-5-3-4-9(8-10)14(20)19-18-13-11-6-1-2-7-12(11)17-15(13)21/h1-8,11-12H,16H2,(H,17,21)(H,19,20)/b18-13+/t11-,12+/m1/s1. The topological polar surface area (TPSA) is 96.6 Å². The molecule has 2 aliphatic rings. The second-order valence-electron chi connectivity index (χ2n) is 4.86. The quantitative estimate of drug-likeness (QED) is 0.547. The van der Waals surface area contributed by atoms with Crippen molar-refractivity contribution in [1.29, 1.82) is 0 Å².